The molecule has 0 aromatic heterocycles. The van der Waals surface area contributed by atoms with E-state index >= 15 is 0 Å². The van der Waals surface area contributed by atoms with Crippen LogP contribution in [-0.4, -0.2) is 42.8 Å². The number of carbonyl (C=O) groups excluding carboxylic acids is 2. The van der Waals surface area contributed by atoms with Crippen molar-refractivity contribution in [3.63, 3.8) is 0 Å². The van der Waals surface area contributed by atoms with Gasteiger partial charge in [0.15, 0.2) is 0 Å². The largest absolute Gasteiger partial charge is 0.481 e. The second-order valence-corrected chi connectivity index (χ2v) is 4.24. The Morgan fingerprint density at radius 1 is 1.28 bits per heavy atom. The summed E-state index contributed by atoms with van der Waals surface area (Å²) in [5.41, 5.74) is 0. The fourth-order valence-corrected chi connectivity index (χ4v) is 2.04. The molecule has 1 saturated carbocycles. The normalized spacial score (nSPS) is 22.9. The van der Waals surface area contributed by atoms with Crippen LogP contribution in [0.1, 0.15) is 25.7 Å². The number of amides is 2. The molecule has 1 aliphatic carbocycles. The van der Waals surface area contributed by atoms with Crippen molar-refractivity contribution in [3.05, 3.63) is 0 Å². The van der Waals surface area contributed by atoms with Crippen molar-refractivity contribution in [2.45, 2.75) is 31.7 Å². The van der Waals surface area contributed by atoms with Crippen LogP contribution in [0.2, 0.25) is 0 Å². The minimum atomic E-state index is -0.895. The summed E-state index contributed by atoms with van der Waals surface area (Å²) in [6.45, 7) is -0.229. The molecule has 0 heterocycles. The Balaban J connectivity index is 2.41. The number of aliphatic carboxylic acids is 1. The predicted octanol–water partition coefficient (Wildman–Crippen LogP) is 0.102. The summed E-state index contributed by atoms with van der Waals surface area (Å²) in [7, 11) is 1.23. The van der Waals surface area contributed by atoms with Crippen molar-refractivity contribution < 1.29 is 24.2 Å². The Kier molecular flexibility index (Phi) is 5.41. The highest BCUT2D eigenvalue weighted by atomic mass is 16.5. The smallest absolute Gasteiger partial charge is 0.325 e. The number of carbonyl (C=O) groups is 3. The van der Waals surface area contributed by atoms with Crippen molar-refractivity contribution in [2.24, 2.45) is 5.92 Å². The van der Waals surface area contributed by atoms with E-state index in [2.05, 4.69) is 15.4 Å². The molecule has 2 amide bonds. The van der Waals surface area contributed by atoms with Crippen molar-refractivity contribution in [1.29, 1.82) is 0 Å². The minimum Gasteiger partial charge on any atom is -0.481 e. The number of esters is 1. The van der Waals surface area contributed by atoms with E-state index in [9.17, 15) is 14.4 Å². The molecule has 1 fully saturated rings. The maximum Gasteiger partial charge on any atom is 0.325 e. The number of hydrogen-bond donors (Lipinski definition) is 3. The summed E-state index contributed by atoms with van der Waals surface area (Å²) in [6.07, 6.45) is 2.96. The molecular weight excluding hydrogens is 240 g/mol. The van der Waals surface area contributed by atoms with Gasteiger partial charge in [0, 0.05) is 6.04 Å². The molecule has 0 spiro atoms. The van der Waals surface area contributed by atoms with Gasteiger partial charge in [-0.25, -0.2) is 4.79 Å². The fraction of sp³-hybridized carbons (Fsp3) is 0.727. The molecule has 0 aromatic carbocycles. The van der Waals surface area contributed by atoms with Gasteiger partial charge in [0.25, 0.3) is 0 Å². The molecule has 7 nitrogen and oxygen atoms in total. The Morgan fingerprint density at radius 3 is 2.56 bits per heavy atom. The number of hydrogen-bond acceptors (Lipinski definition) is 4. The molecular formula is C11H18N2O5. The monoisotopic (exact) mass is 258 g/mol. The van der Waals surface area contributed by atoms with Gasteiger partial charge in [-0.2, -0.15) is 0 Å². The topological polar surface area (TPSA) is 105 Å². The van der Waals surface area contributed by atoms with E-state index in [1.807, 2.05) is 0 Å². The summed E-state index contributed by atoms with van der Waals surface area (Å²) in [4.78, 5) is 33.3. The van der Waals surface area contributed by atoms with Crippen LogP contribution in [0, 0.1) is 5.92 Å². The predicted molar refractivity (Wildman–Crippen MR) is 61.9 cm³/mol. The molecule has 102 valence electrons. The minimum absolute atomic E-state index is 0.229. The van der Waals surface area contributed by atoms with Gasteiger partial charge in [0.05, 0.1) is 13.0 Å². The van der Waals surface area contributed by atoms with Gasteiger partial charge in [0.2, 0.25) is 0 Å². The molecule has 1 rings (SSSR count). The van der Waals surface area contributed by atoms with Gasteiger partial charge in [0.1, 0.15) is 6.54 Å². The van der Waals surface area contributed by atoms with Crippen molar-refractivity contribution in [2.75, 3.05) is 13.7 Å². The van der Waals surface area contributed by atoms with Crippen LogP contribution >= 0.6 is 0 Å². The zero-order valence-electron chi connectivity index (χ0n) is 10.3. The molecule has 18 heavy (non-hydrogen) atoms. The standard InChI is InChI=1S/C11H18N2O5/c1-18-9(14)6-12-11(17)13-8-5-3-2-4-7(8)10(15)16/h7-8H,2-6H2,1H3,(H,15,16)(H2,12,13,17). The van der Waals surface area contributed by atoms with E-state index < -0.39 is 23.9 Å². The van der Waals surface area contributed by atoms with Crippen molar-refractivity contribution in [3.8, 4) is 0 Å². The zero-order valence-corrected chi connectivity index (χ0v) is 10.3. The second kappa shape index (κ2) is 6.83. The van der Waals surface area contributed by atoms with Crippen molar-refractivity contribution in [1.82, 2.24) is 10.6 Å². The third-order valence-corrected chi connectivity index (χ3v) is 3.02. The highest BCUT2D eigenvalue weighted by molar-refractivity contribution is 5.81. The zero-order chi connectivity index (χ0) is 13.5. The van der Waals surface area contributed by atoms with Crippen LogP contribution in [0.3, 0.4) is 0 Å². The maximum absolute atomic E-state index is 11.5. The molecule has 3 N–H and O–H groups in total. The maximum atomic E-state index is 11.5. The SMILES string of the molecule is COC(=O)CNC(=O)NC1CCCCC1C(=O)O. The Labute approximate surface area is 105 Å². The molecule has 0 bridgehead atoms. The van der Waals surface area contributed by atoms with Gasteiger partial charge in [-0.3, -0.25) is 9.59 Å². The molecule has 7 heteroatoms. The molecule has 2 unspecified atom stereocenters. The van der Waals surface area contributed by atoms with Crippen LogP contribution < -0.4 is 10.6 Å². The summed E-state index contributed by atoms with van der Waals surface area (Å²) < 4.78 is 4.37. The lowest BCUT2D eigenvalue weighted by atomic mass is 9.84. The van der Waals surface area contributed by atoms with Crippen LogP contribution in [0.15, 0.2) is 0 Å². The first-order valence-corrected chi connectivity index (χ1v) is 5.88. The Hall–Kier alpha value is -1.79. The summed E-state index contributed by atoms with van der Waals surface area (Å²) in [5, 5.41) is 13.9. The van der Waals surface area contributed by atoms with Crippen LogP contribution in [0.4, 0.5) is 4.79 Å². The molecule has 1 aliphatic rings. The highest BCUT2D eigenvalue weighted by Gasteiger charge is 2.31. The van der Waals surface area contributed by atoms with Gasteiger partial charge in [-0.05, 0) is 12.8 Å². The Morgan fingerprint density at radius 2 is 1.94 bits per heavy atom. The second-order valence-electron chi connectivity index (χ2n) is 4.24. The number of methoxy groups -OCH3 is 1. The lowest BCUT2D eigenvalue weighted by molar-refractivity contribution is -0.143. The lowest BCUT2D eigenvalue weighted by Crippen LogP contribution is -2.49. The van der Waals surface area contributed by atoms with E-state index in [0.29, 0.717) is 12.8 Å². The van der Waals surface area contributed by atoms with E-state index in [1.54, 1.807) is 0 Å². The van der Waals surface area contributed by atoms with E-state index in [4.69, 9.17) is 5.11 Å². The quantitative estimate of drug-likeness (QED) is 0.620. The average Bonchev–Trinajstić information content (AvgIpc) is 2.36. The van der Waals surface area contributed by atoms with Crippen molar-refractivity contribution >= 4 is 18.0 Å². The molecule has 0 aliphatic heterocycles. The molecule has 0 radical (unpaired) electrons. The van der Waals surface area contributed by atoms with Crippen LogP contribution in [-0.2, 0) is 14.3 Å². The molecule has 0 aromatic rings. The van der Waals surface area contributed by atoms with Gasteiger partial charge in [-0.1, -0.05) is 12.8 Å². The summed E-state index contributed by atoms with van der Waals surface area (Å²) in [5.74, 6) is -2.00. The van der Waals surface area contributed by atoms with E-state index in [1.165, 1.54) is 7.11 Å². The van der Waals surface area contributed by atoms with Gasteiger partial charge in [-0.15, -0.1) is 0 Å². The van der Waals surface area contributed by atoms with Gasteiger partial charge >= 0.3 is 18.0 Å². The fourth-order valence-electron chi connectivity index (χ4n) is 2.04. The summed E-state index contributed by atoms with van der Waals surface area (Å²) in [6, 6.07) is -0.924. The van der Waals surface area contributed by atoms with E-state index in [0.717, 1.165) is 12.8 Å². The first-order chi connectivity index (χ1) is 8.54. The number of rotatable bonds is 4. The highest BCUT2D eigenvalue weighted by Crippen LogP contribution is 2.24. The Bertz CT molecular complexity index is 331. The average molecular weight is 258 g/mol. The number of nitrogens with one attached hydrogen (secondary N) is 2. The summed E-state index contributed by atoms with van der Waals surface area (Å²) >= 11 is 0. The first kappa shape index (κ1) is 14.3. The third kappa shape index (κ3) is 4.23. The third-order valence-electron chi connectivity index (χ3n) is 3.02. The lowest BCUT2D eigenvalue weighted by Gasteiger charge is -2.29. The van der Waals surface area contributed by atoms with Crippen LogP contribution in [0.25, 0.3) is 0 Å². The van der Waals surface area contributed by atoms with Gasteiger partial charge < -0.3 is 20.5 Å². The van der Waals surface area contributed by atoms with E-state index in [-0.39, 0.29) is 12.6 Å². The number of urea groups is 1. The first-order valence-electron chi connectivity index (χ1n) is 5.88. The molecule has 2 atom stereocenters. The number of carboxylic acids is 1. The molecule has 0 saturated heterocycles. The number of carboxylic acid groups (broad SMARTS) is 1. The number of ether oxygens (including phenoxy) is 1. The van der Waals surface area contributed by atoms with Crippen LogP contribution in [0.5, 0.6) is 0 Å².